The molecule has 0 radical (unpaired) electrons. The Balaban J connectivity index is 1.75. The van der Waals surface area contributed by atoms with Crippen molar-refractivity contribution in [3.05, 3.63) is 53.6 Å². The van der Waals surface area contributed by atoms with E-state index in [1.54, 1.807) is 19.9 Å². The highest BCUT2D eigenvalue weighted by Gasteiger charge is 2.42. The van der Waals surface area contributed by atoms with E-state index in [9.17, 15) is 21.6 Å². The van der Waals surface area contributed by atoms with Crippen LogP contribution < -0.4 is 8.61 Å². The summed E-state index contributed by atoms with van der Waals surface area (Å²) in [6, 6.07) is 11.7. The summed E-state index contributed by atoms with van der Waals surface area (Å²) in [5.41, 5.74) is 2.23. The van der Waals surface area contributed by atoms with Crippen molar-refractivity contribution in [2.75, 3.05) is 20.9 Å². The standard InChI is InChI=1S/C20H22N2O5S2/c1-14-12-17(22-20(23)15(2)13-28(22,24)25)9-10-19(14)29(26,27)21-11-5-7-16-6-3-4-8-18(16)21/h3-4,6,8-10,12,15H,5,7,11,13H2,1-2H3. The zero-order valence-electron chi connectivity index (χ0n) is 16.2. The van der Waals surface area contributed by atoms with E-state index in [4.69, 9.17) is 0 Å². The van der Waals surface area contributed by atoms with Gasteiger partial charge in [-0.25, -0.2) is 21.1 Å². The number of sulfonamides is 2. The van der Waals surface area contributed by atoms with Crippen LogP contribution in [0.4, 0.5) is 11.4 Å². The highest BCUT2D eigenvalue weighted by molar-refractivity contribution is 7.94. The second-order valence-electron chi connectivity index (χ2n) is 7.54. The predicted molar refractivity (Wildman–Crippen MR) is 111 cm³/mol. The minimum atomic E-state index is -3.82. The maximum atomic E-state index is 13.4. The van der Waals surface area contributed by atoms with Crippen LogP contribution in [0.1, 0.15) is 24.5 Å². The Bertz CT molecular complexity index is 1210. The van der Waals surface area contributed by atoms with Gasteiger partial charge < -0.3 is 0 Å². The maximum Gasteiger partial charge on any atom is 0.264 e. The third kappa shape index (κ3) is 3.22. The van der Waals surface area contributed by atoms with Crippen LogP contribution in [0, 0.1) is 12.8 Å². The lowest BCUT2D eigenvalue weighted by Crippen LogP contribution is -2.36. The average molecular weight is 435 g/mol. The number of amides is 1. The van der Waals surface area contributed by atoms with Crippen LogP contribution >= 0.6 is 0 Å². The topological polar surface area (TPSA) is 91.8 Å². The van der Waals surface area contributed by atoms with E-state index in [1.165, 1.54) is 22.5 Å². The van der Waals surface area contributed by atoms with E-state index in [2.05, 4.69) is 0 Å². The fraction of sp³-hybridized carbons (Fsp3) is 0.350. The molecule has 2 aliphatic rings. The molecule has 1 atom stereocenters. The molecule has 29 heavy (non-hydrogen) atoms. The third-order valence-electron chi connectivity index (χ3n) is 5.39. The first-order valence-electron chi connectivity index (χ1n) is 9.41. The molecule has 0 bridgehead atoms. The molecule has 2 aromatic carbocycles. The Kier molecular flexibility index (Phi) is 4.70. The second-order valence-corrected chi connectivity index (χ2v) is 11.2. The van der Waals surface area contributed by atoms with Crippen molar-refractivity contribution in [2.45, 2.75) is 31.6 Å². The van der Waals surface area contributed by atoms with Gasteiger partial charge in [0.25, 0.3) is 10.0 Å². The number of aryl methyl sites for hydroxylation is 2. The highest BCUT2D eigenvalue weighted by atomic mass is 32.2. The Hall–Kier alpha value is -2.39. The normalized spacial score (nSPS) is 21.3. The van der Waals surface area contributed by atoms with Gasteiger partial charge in [0.05, 0.1) is 27.9 Å². The van der Waals surface area contributed by atoms with E-state index in [0.717, 1.165) is 22.7 Å². The first-order valence-corrected chi connectivity index (χ1v) is 12.5. The monoisotopic (exact) mass is 434 g/mol. The van der Waals surface area contributed by atoms with Gasteiger partial charge in [-0.1, -0.05) is 25.1 Å². The number of anilines is 2. The van der Waals surface area contributed by atoms with Gasteiger partial charge in [0.1, 0.15) is 0 Å². The lowest BCUT2D eigenvalue weighted by atomic mass is 10.0. The second kappa shape index (κ2) is 6.84. The fourth-order valence-electron chi connectivity index (χ4n) is 4.00. The minimum absolute atomic E-state index is 0.107. The molecule has 2 heterocycles. The number of hydrogen-bond acceptors (Lipinski definition) is 5. The van der Waals surface area contributed by atoms with Crippen LogP contribution in [0.25, 0.3) is 0 Å². The van der Waals surface area contributed by atoms with Crippen molar-refractivity contribution in [1.29, 1.82) is 0 Å². The Morgan fingerprint density at radius 1 is 1.10 bits per heavy atom. The molecule has 0 aliphatic carbocycles. The summed E-state index contributed by atoms with van der Waals surface area (Å²) in [6.07, 6.45) is 1.55. The van der Waals surface area contributed by atoms with Crippen LogP contribution in [0.3, 0.4) is 0 Å². The summed E-state index contributed by atoms with van der Waals surface area (Å²) in [6.45, 7) is 3.57. The molecule has 0 aromatic heterocycles. The first-order chi connectivity index (χ1) is 13.6. The molecule has 7 nitrogen and oxygen atoms in total. The number of carbonyl (C=O) groups excluding carboxylic acids is 1. The van der Waals surface area contributed by atoms with Gasteiger partial charge in [-0.3, -0.25) is 9.10 Å². The summed E-state index contributed by atoms with van der Waals surface area (Å²) in [7, 11) is -7.56. The molecular formula is C20H22N2O5S2. The third-order valence-corrected chi connectivity index (χ3v) is 9.23. The van der Waals surface area contributed by atoms with Crippen LogP contribution in [-0.2, 0) is 31.3 Å². The van der Waals surface area contributed by atoms with E-state index in [-0.39, 0.29) is 16.3 Å². The lowest BCUT2D eigenvalue weighted by Gasteiger charge is -2.31. The minimum Gasteiger partial charge on any atom is -0.273 e. The summed E-state index contributed by atoms with van der Waals surface area (Å²) in [4.78, 5) is 12.4. The smallest absolute Gasteiger partial charge is 0.264 e. The molecule has 0 N–H and O–H groups in total. The van der Waals surface area contributed by atoms with Gasteiger partial charge in [-0.2, -0.15) is 0 Å². The highest BCUT2D eigenvalue weighted by Crippen LogP contribution is 2.35. The molecule has 1 amide bonds. The average Bonchev–Trinajstić information content (AvgIpc) is 2.87. The van der Waals surface area contributed by atoms with Crippen molar-refractivity contribution in [3.8, 4) is 0 Å². The number of rotatable bonds is 3. The van der Waals surface area contributed by atoms with E-state index in [0.29, 0.717) is 17.8 Å². The molecule has 2 aromatic rings. The summed E-state index contributed by atoms with van der Waals surface area (Å²) < 4.78 is 53.6. The number of para-hydroxylation sites is 1. The number of carbonyl (C=O) groups is 1. The van der Waals surface area contributed by atoms with Gasteiger partial charge in [0.15, 0.2) is 0 Å². The SMILES string of the molecule is Cc1cc(N2C(=O)C(C)CS2(=O)=O)ccc1S(=O)(=O)N1CCCc2ccccc21. The lowest BCUT2D eigenvalue weighted by molar-refractivity contribution is -0.119. The molecular weight excluding hydrogens is 412 g/mol. The molecule has 1 unspecified atom stereocenters. The number of nitrogens with zero attached hydrogens (tertiary/aromatic N) is 2. The van der Waals surface area contributed by atoms with Crippen LogP contribution in [0.15, 0.2) is 47.4 Å². The van der Waals surface area contributed by atoms with Crippen molar-refractivity contribution >= 4 is 37.3 Å². The maximum absolute atomic E-state index is 13.4. The molecule has 1 fully saturated rings. The zero-order valence-corrected chi connectivity index (χ0v) is 17.8. The van der Waals surface area contributed by atoms with Crippen molar-refractivity contribution in [2.24, 2.45) is 5.92 Å². The summed E-state index contributed by atoms with van der Waals surface area (Å²) in [5, 5.41) is 0. The van der Waals surface area contributed by atoms with Crippen molar-refractivity contribution in [3.63, 3.8) is 0 Å². The Morgan fingerprint density at radius 2 is 1.83 bits per heavy atom. The van der Waals surface area contributed by atoms with Gasteiger partial charge in [0.2, 0.25) is 15.9 Å². The zero-order chi connectivity index (χ0) is 21.0. The Labute approximate surface area is 171 Å². The first kappa shape index (κ1) is 19.9. The van der Waals surface area contributed by atoms with Crippen LogP contribution in [-0.4, -0.2) is 35.0 Å². The molecule has 9 heteroatoms. The van der Waals surface area contributed by atoms with E-state index in [1.807, 2.05) is 18.2 Å². The van der Waals surface area contributed by atoms with Gasteiger partial charge >= 0.3 is 0 Å². The molecule has 0 saturated carbocycles. The van der Waals surface area contributed by atoms with Gasteiger partial charge in [-0.15, -0.1) is 0 Å². The summed E-state index contributed by atoms with van der Waals surface area (Å²) in [5.74, 6) is -1.35. The predicted octanol–water partition coefficient (Wildman–Crippen LogP) is 2.45. The molecule has 1 saturated heterocycles. The molecule has 2 aliphatic heterocycles. The van der Waals surface area contributed by atoms with Crippen LogP contribution in [0.5, 0.6) is 0 Å². The number of hydrogen-bond donors (Lipinski definition) is 0. The summed E-state index contributed by atoms with van der Waals surface area (Å²) >= 11 is 0. The molecule has 0 spiro atoms. The number of benzene rings is 2. The largest absolute Gasteiger partial charge is 0.273 e. The molecule has 4 rings (SSSR count). The Morgan fingerprint density at radius 3 is 2.48 bits per heavy atom. The molecule has 154 valence electrons. The van der Waals surface area contributed by atoms with Crippen LogP contribution in [0.2, 0.25) is 0 Å². The fourth-order valence-corrected chi connectivity index (χ4v) is 7.57. The van der Waals surface area contributed by atoms with Crippen molar-refractivity contribution < 1.29 is 21.6 Å². The van der Waals surface area contributed by atoms with Crippen molar-refractivity contribution in [1.82, 2.24) is 0 Å². The number of fused-ring (bicyclic) bond motifs is 1. The van der Waals surface area contributed by atoms with Gasteiger partial charge in [-0.05, 0) is 55.2 Å². The van der Waals surface area contributed by atoms with E-state index >= 15 is 0 Å². The van der Waals surface area contributed by atoms with Gasteiger partial charge in [0, 0.05) is 6.54 Å². The van der Waals surface area contributed by atoms with E-state index < -0.39 is 31.9 Å². The quantitative estimate of drug-likeness (QED) is 0.740.